The normalized spacial score (nSPS) is 14.4. The summed E-state index contributed by atoms with van der Waals surface area (Å²) in [7, 11) is 1.30. The number of aromatic nitrogens is 1. The van der Waals surface area contributed by atoms with Crippen molar-refractivity contribution in [2.24, 2.45) is 0 Å². The summed E-state index contributed by atoms with van der Waals surface area (Å²) in [4.78, 5) is 18.8. The number of nitrogens with zero attached hydrogens (tertiary/aromatic N) is 2. The zero-order valence-electron chi connectivity index (χ0n) is 12.4. The quantitative estimate of drug-likeness (QED) is 0.933. The van der Waals surface area contributed by atoms with Gasteiger partial charge in [-0.1, -0.05) is 17.4 Å². The van der Waals surface area contributed by atoms with Gasteiger partial charge in [-0.15, -0.1) is 0 Å². The van der Waals surface area contributed by atoms with Gasteiger partial charge >= 0.3 is 6.09 Å². The van der Waals surface area contributed by atoms with E-state index < -0.39 is 17.7 Å². The van der Waals surface area contributed by atoms with E-state index in [0.29, 0.717) is 18.2 Å². The lowest BCUT2D eigenvalue weighted by molar-refractivity contribution is 0.187. The number of rotatable bonds is 3. The summed E-state index contributed by atoms with van der Waals surface area (Å²) >= 11 is 1.40. The third kappa shape index (κ3) is 3.65. The van der Waals surface area contributed by atoms with E-state index >= 15 is 0 Å². The molecule has 0 saturated heterocycles. The number of thiazole rings is 1. The number of halogens is 2. The lowest BCUT2D eigenvalue weighted by Crippen LogP contribution is -2.29. The summed E-state index contributed by atoms with van der Waals surface area (Å²) in [6.45, 7) is 1.97. The molecule has 122 valence electrons. The van der Waals surface area contributed by atoms with Crippen LogP contribution in [-0.2, 0) is 24.2 Å². The second kappa shape index (κ2) is 6.59. The fourth-order valence-electron chi connectivity index (χ4n) is 2.47. The molecule has 3 rings (SSSR count). The molecule has 5 nitrogen and oxygen atoms in total. The van der Waals surface area contributed by atoms with Crippen LogP contribution < -0.4 is 5.32 Å². The molecule has 1 N–H and O–H groups in total. The molecule has 0 radical (unpaired) electrons. The van der Waals surface area contributed by atoms with Crippen molar-refractivity contribution in [3.05, 3.63) is 46.0 Å². The van der Waals surface area contributed by atoms with Crippen LogP contribution in [0.1, 0.15) is 16.1 Å². The predicted molar refractivity (Wildman–Crippen MR) is 82.3 cm³/mol. The monoisotopic (exact) mass is 339 g/mol. The van der Waals surface area contributed by atoms with Crippen molar-refractivity contribution in [1.82, 2.24) is 9.88 Å². The molecule has 1 aromatic carbocycles. The maximum Gasteiger partial charge on any atom is 0.413 e. The molecule has 2 heterocycles. The van der Waals surface area contributed by atoms with E-state index in [9.17, 15) is 13.6 Å². The first-order chi connectivity index (χ1) is 11.0. The third-order valence-electron chi connectivity index (χ3n) is 3.59. The maximum absolute atomic E-state index is 13.3. The highest BCUT2D eigenvalue weighted by molar-refractivity contribution is 7.15. The molecule has 0 spiro atoms. The first kappa shape index (κ1) is 15.8. The molecule has 0 unspecified atom stereocenters. The van der Waals surface area contributed by atoms with Gasteiger partial charge in [-0.05, 0) is 17.7 Å². The largest absolute Gasteiger partial charge is 0.453 e. The number of methoxy groups -OCH3 is 1. The minimum atomic E-state index is -0.837. The zero-order chi connectivity index (χ0) is 16.4. The van der Waals surface area contributed by atoms with E-state index in [4.69, 9.17) is 0 Å². The number of anilines is 1. The number of amides is 1. The average Bonchev–Trinajstić information content (AvgIpc) is 2.92. The summed E-state index contributed by atoms with van der Waals surface area (Å²) in [5.41, 5.74) is 1.69. The lowest BCUT2D eigenvalue weighted by Gasteiger charge is -2.25. The van der Waals surface area contributed by atoms with Crippen LogP contribution in [0.5, 0.6) is 0 Å². The van der Waals surface area contributed by atoms with E-state index in [2.05, 4.69) is 19.9 Å². The summed E-state index contributed by atoms with van der Waals surface area (Å²) in [5.74, 6) is -1.67. The van der Waals surface area contributed by atoms with E-state index in [1.807, 2.05) is 0 Å². The number of hydrogen-bond acceptors (Lipinski definition) is 5. The number of benzene rings is 1. The smallest absolute Gasteiger partial charge is 0.413 e. The van der Waals surface area contributed by atoms with E-state index in [0.717, 1.165) is 35.2 Å². The van der Waals surface area contributed by atoms with Crippen molar-refractivity contribution in [3.63, 3.8) is 0 Å². The first-order valence-corrected chi connectivity index (χ1v) is 7.86. The van der Waals surface area contributed by atoms with Gasteiger partial charge in [-0.25, -0.2) is 18.6 Å². The fourth-order valence-corrected chi connectivity index (χ4v) is 3.51. The highest BCUT2D eigenvalue weighted by Crippen LogP contribution is 2.29. The van der Waals surface area contributed by atoms with Gasteiger partial charge in [-0.3, -0.25) is 10.2 Å². The molecular weight excluding hydrogens is 324 g/mol. The van der Waals surface area contributed by atoms with Crippen LogP contribution >= 0.6 is 11.3 Å². The number of carbonyl (C=O) groups is 1. The Morgan fingerprint density at radius 2 is 2.26 bits per heavy atom. The molecule has 1 aromatic heterocycles. The van der Waals surface area contributed by atoms with Crippen LogP contribution in [0, 0.1) is 11.6 Å². The summed E-state index contributed by atoms with van der Waals surface area (Å²) < 4.78 is 30.8. The number of fused-ring (bicyclic) bond motifs is 1. The van der Waals surface area contributed by atoms with Gasteiger partial charge in [-0.2, -0.15) is 0 Å². The average molecular weight is 339 g/mol. The molecule has 0 bridgehead atoms. The molecular formula is C15H15F2N3O2S. The SMILES string of the molecule is COC(=O)Nc1nc2c(s1)CN(Cc1ccc(F)c(F)c1)CC2. The van der Waals surface area contributed by atoms with Crippen LogP contribution in [0.15, 0.2) is 18.2 Å². The van der Waals surface area contributed by atoms with Gasteiger partial charge in [0.2, 0.25) is 0 Å². The van der Waals surface area contributed by atoms with Crippen molar-refractivity contribution < 1.29 is 18.3 Å². The highest BCUT2D eigenvalue weighted by Gasteiger charge is 2.21. The summed E-state index contributed by atoms with van der Waals surface area (Å²) in [6.07, 6.45) is 0.202. The van der Waals surface area contributed by atoms with Crippen molar-refractivity contribution in [3.8, 4) is 0 Å². The Kier molecular flexibility index (Phi) is 4.53. The zero-order valence-corrected chi connectivity index (χ0v) is 13.3. The molecule has 2 aromatic rings. The number of ether oxygens (including phenoxy) is 1. The summed E-state index contributed by atoms with van der Waals surface area (Å²) in [5, 5.41) is 3.07. The molecule has 0 saturated carbocycles. The first-order valence-electron chi connectivity index (χ1n) is 7.05. The summed E-state index contributed by atoms with van der Waals surface area (Å²) in [6, 6.07) is 3.96. The Hall–Kier alpha value is -2.06. The Bertz CT molecular complexity index is 736. The number of carbonyl (C=O) groups excluding carboxylic acids is 1. The van der Waals surface area contributed by atoms with E-state index in [-0.39, 0.29) is 0 Å². The van der Waals surface area contributed by atoms with Gasteiger partial charge in [0.25, 0.3) is 0 Å². The van der Waals surface area contributed by atoms with Crippen LogP contribution in [0.25, 0.3) is 0 Å². The Morgan fingerprint density at radius 1 is 1.43 bits per heavy atom. The molecule has 0 aliphatic carbocycles. The van der Waals surface area contributed by atoms with Crippen molar-refractivity contribution in [2.75, 3.05) is 19.0 Å². The lowest BCUT2D eigenvalue weighted by atomic mass is 10.1. The second-order valence-electron chi connectivity index (χ2n) is 5.21. The molecule has 0 atom stereocenters. The molecule has 1 aliphatic heterocycles. The molecule has 1 aliphatic rings. The minimum absolute atomic E-state index is 0.511. The molecule has 1 amide bonds. The van der Waals surface area contributed by atoms with Gasteiger partial charge in [0, 0.05) is 30.9 Å². The highest BCUT2D eigenvalue weighted by atomic mass is 32.1. The second-order valence-corrected chi connectivity index (χ2v) is 6.30. The van der Waals surface area contributed by atoms with Gasteiger partial charge in [0.15, 0.2) is 16.8 Å². The molecule has 23 heavy (non-hydrogen) atoms. The predicted octanol–water partition coefficient (Wildman–Crippen LogP) is 3.16. The van der Waals surface area contributed by atoms with Crippen LogP contribution in [0.4, 0.5) is 18.7 Å². The van der Waals surface area contributed by atoms with Gasteiger partial charge in [0.05, 0.1) is 12.8 Å². The molecule has 0 fully saturated rings. The number of nitrogens with one attached hydrogen (secondary N) is 1. The van der Waals surface area contributed by atoms with Gasteiger partial charge in [0.1, 0.15) is 0 Å². The molecule has 8 heteroatoms. The van der Waals surface area contributed by atoms with Crippen molar-refractivity contribution in [1.29, 1.82) is 0 Å². The standard InChI is InChI=1S/C15H15F2N3O2S/c1-22-15(21)19-14-18-12-4-5-20(8-13(12)23-14)7-9-2-3-10(16)11(17)6-9/h2-3,6H,4-5,7-8H2,1H3,(H,18,19,21). The third-order valence-corrected chi connectivity index (χ3v) is 4.59. The Morgan fingerprint density at radius 3 is 3.00 bits per heavy atom. The van der Waals surface area contributed by atoms with E-state index in [1.165, 1.54) is 24.5 Å². The van der Waals surface area contributed by atoms with Crippen molar-refractivity contribution in [2.45, 2.75) is 19.5 Å². The fraction of sp³-hybridized carbons (Fsp3) is 0.333. The van der Waals surface area contributed by atoms with Gasteiger partial charge < -0.3 is 4.74 Å². The van der Waals surface area contributed by atoms with E-state index in [1.54, 1.807) is 6.07 Å². The van der Waals surface area contributed by atoms with Crippen molar-refractivity contribution >= 4 is 22.6 Å². The van der Waals surface area contributed by atoms with Crippen LogP contribution in [0.3, 0.4) is 0 Å². The Labute approximate surface area is 135 Å². The maximum atomic E-state index is 13.3. The minimum Gasteiger partial charge on any atom is -0.453 e. The number of hydrogen-bond donors (Lipinski definition) is 1. The van der Waals surface area contributed by atoms with Crippen LogP contribution in [0.2, 0.25) is 0 Å². The Balaban J connectivity index is 1.67. The topological polar surface area (TPSA) is 54.5 Å². The van der Waals surface area contributed by atoms with Crippen LogP contribution in [-0.4, -0.2) is 29.6 Å².